The van der Waals surface area contributed by atoms with Crippen molar-refractivity contribution in [1.82, 2.24) is 4.98 Å². The average molecular weight is 347 g/mol. The number of benzene rings is 2. The van der Waals surface area contributed by atoms with Gasteiger partial charge >= 0.3 is 0 Å². The number of pyridine rings is 1. The molecule has 0 atom stereocenters. The molecule has 3 rings (SSSR count). The van der Waals surface area contributed by atoms with E-state index in [2.05, 4.69) is 20.9 Å². The first kappa shape index (κ1) is 13.3. The van der Waals surface area contributed by atoms with Crippen LogP contribution in [0.4, 0.5) is 0 Å². The molecule has 20 heavy (non-hydrogen) atoms. The van der Waals surface area contributed by atoms with Gasteiger partial charge in [0.1, 0.15) is 0 Å². The molecule has 0 radical (unpaired) electrons. The molecule has 2 aromatic carbocycles. The van der Waals surface area contributed by atoms with Crippen molar-refractivity contribution in [2.24, 2.45) is 0 Å². The van der Waals surface area contributed by atoms with Crippen LogP contribution in [0.3, 0.4) is 0 Å². The van der Waals surface area contributed by atoms with Gasteiger partial charge in [-0.05, 0) is 46.3 Å². The maximum Gasteiger partial charge on any atom is 0.194 e. The Labute approximate surface area is 129 Å². The predicted molar refractivity (Wildman–Crippen MR) is 84.3 cm³/mol. The van der Waals surface area contributed by atoms with Crippen molar-refractivity contribution >= 4 is 44.2 Å². The zero-order valence-corrected chi connectivity index (χ0v) is 12.6. The molecule has 4 heteroatoms. The molecule has 0 unspecified atom stereocenters. The standard InChI is InChI=1S/C16H9BrClNO/c17-14-9-12(18)5-6-13(14)16(20)11-4-3-10-2-1-7-19-15(10)8-11/h1-9H. The van der Waals surface area contributed by atoms with E-state index >= 15 is 0 Å². The Hall–Kier alpha value is -1.71. The Bertz CT molecular complexity index is 816. The predicted octanol–water partition coefficient (Wildman–Crippen LogP) is 4.88. The minimum atomic E-state index is -0.0545. The highest BCUT2D eigenvalue weighted by molar-refractivity contribution is 9.10. The Morgan fingerprint density at radius 2 is 1.95 bits per heavy atom. The van der Waals surface area contributed by atoms with Crippen LogP contribution in [0.2, 0.25) is 5.02 Å². The SMILES string of the molecule is O=C(c1ccc2cccnc2c1)c1ccc(Cl)cc1Br. The van der Waals surface area contributed by atoms with Gasteiger partial charge in [-0.25, -0.2) is 0 Å². The summed E-state index contributed by atoms with van der Waals surface area (Å²) in [5.41, 5.74) is 2.01. The third kappa shape index (κ3) is 2.47. The van der Waals surface area contributed by atoms with E-state index in [0.29, 0.717) is 20.6 Å². The molecule has 98 valence electrons. The minimum absolute atomic E-state index is 0.0545. The van der Waals surface area contributed by atoms with Gasteiger partial charge in [-0.2, -0.15) is 0 Å². The van der Waals surface area contributed by atoms with E-state index in [1.165, 1.54) is 0 Å². The monoisotopic (exact) mass is 345 g/mol. The first-order valence-electron chi connectivity index (χ1n) is 6.00. The highest BCUT2D eigenvalue weighted by Gasteiger charge is 2.13. The fourth-order valence-electron chi connectivity index (χ4n) is 2.04. The van der Waals surface area contributed by atoms with Gasteiger partial charge in [-0.3, -0.25) is 9.78 Å². The van der Waals surface area contributed by atoms with Gasteiger partial charge in [-0.1, -0.05) is 29.8 Å². The number of ketones is 1. The summed E-state index contributed by atoms with van der Waals surface area (Å²) in [6.07, 6.45) is 1.72. The van der Waals surface area contributed by atoms with Crippen LogP contribution in [0.25, 0.3) is 10.9 Å². The van der Waals surface area contributed by atoms with Gasteiger partial charge in [0.2, 0.25) is 0 Å². The topological polar surface area (TPSA) is 30.0 Å². The number of carbonyl (C=O) groups excluding carboxylic acids is 1. The third-order valence-corrected chi connectivity index (χ3v) is 3.94. The van der Waals surface area contributed by atoms with E-state index in [1.807, 2.05) is 24.3 Å². The number of nitrogens with zero attached hydrogens (tertiary/aromatic N) is 1. The summed E-state index contributed by atoms with van der Waals surface area (Å²) in [5.74, 6) is -0.0545. The molecule has 2 nitrogen and oxygen atoms in total. The van der Waals surface area contributed by atoms with Crippen LogP contribution in [0.15, 0.2) is 59.2 Å². The Morgan fingerprint density at radius 3 is 2.75 bits per heavy atom. The van der Waals surface area contributed by atoms with Crippen LogP contribution < -0.4 is 0 Å². The summed E-state index contributed by atoms with van der Waals surface area (Å²) in [4.78, 5) is 16.8. The number of aromatic nitrogens is 1. The Morgan fingerprint density at radius 1 is 1.10 bits per heavy atom. The van der Waals surface area contributed by atoms with Gasteiger partial charge < -0.3 is 0 Å². The summed E-state index contributed by atoms with van der Waals surface area (Å²) in [6, 6.07) is 14.5. The first-order valence-corrected chi connectivity index (χ1v) is 7.17. The highest BCUT2D eigenvalue weighted by atomic mass is 79.9. The van der Waals surface area contributed by atoms with Crippen molar-refractivity contribution in [3.8, 4) is 0 Å². The van der Waals surface area contributed by atoms with Crippen molar-refractivity contribution in [3.05, 3.63) is 75.4 Å². The van der Waals surface area contributed by atoms with E-state index in [0.717, 1.165) is 10.9 Å². The Kier molecular flexibility index (Phi) is 3.55. The molecule has 0 aliphatic rings. The van der Waals surface area contributed by atoms with Crippen molar-refractivity contribution in [2.45, 2.75) is 0 Å². The molecule has 0 aliphatic carbocycles. The molecule has 0 N–H and O–H groups in total. The molecule has 0 spiro atoms. The number of hydrogen-bond donors (Lipinski definition) is 0. The van der Waals surface area contributed by atoms with Crippen LogP contribution in [-0.4, -0.2) is 10.8 Å². The molecular weight excluding hydrogens is 338 g/mol. The lowest BCUT2D eigenvalue weighted by atomic mass is 10.0. The van der Waals surface area contributed by atoms with Crippen LogP contribution in [0.5, 0.6) is 0 Å². The summed E-state index contributed by atoms with van der Waals surface area (Å²) >= 11 is 9.27. The summed E-state index contributed by atoms with van der Waals surface area (Å²) in [5, 5.41) is 1.60. The van der Waals surface area contributed by atoms with Crippen molar-refractivity contribution in [2.75, 3.05) is 0 Å². The normalized spacial score (nSPS) is 10.7. The summed E-state index contributed by atoms with van der Waals surface area (Å²) in [7, 11) is 0. The highest BCUT2D eigenvalue weighted by Crippen LogP contribution is 2.25. The van der Waals surface area contributed by atoms with E-state index in [4.69, 9.17) is 11.6 Å². The Balaban J connectivity index is 2.08. The lowest BCUT2D eigenvalue weighted by Gasteiger charge is -2.05. The van der Waals surface area contributed by atoms with Crippen molar-refractivity contribution in [3.63, 3.8) is 0 Å². The number of rotatable bonds is 2. The molecule has 0 fully saturated rings. The van der Waals surface area contributed by atoms with Gasteiger partial charge in [0.15, 0.2) is 5.78 Å². The second-order valence-electron chi connectivity index (χ2n) is 4.36. The second-order valence-corrected chi connectivity index (χ2v) is 5.65. The van der Waals surface area contributed by atoms with Crippen molar-refractivity contribution < 1.29 is 4.79 Å². The number of carbonyl (C=O) groups is 1. The molecule has 0 aliphatic heterocycles. The van der Waals surface area contributed by atoms with Crippen LogP contribution in [0.1, 0.15) is 15.9 Å². The van der Waals surface area contributed by atoms with Gasteiger partial charge in [-0.15, -0.1) is 0 Å². The maximum absolute atomic E-state index is 12.5. The second kappa shape index (κ2) is 5.35. The van der Waals surface area contributed by atoms with E-state index in [1.54, 1.807) is 30.5 Å². The van der Waals surface area contributed by atoms with E-state index in [-0.39, 0.29) is 5.78 Å². The van der Waals surface area contributed by atoms with Gasteiger partial charge in [0.25, 0.3) is 0 Å². The summed E-state index contributed by atoms with van der Waals surface area (Å²) in [6.45, 7) is 0. The zero-order chi connectivity index (χ0) is 14.1. The maximum atomic E-state index is 12.5. The molecule has 1 aromatic heterocycles. The van der Waals surface area contributed by atoms with Gasteiger partial charge in [0, 0.05) is 32.2 Å². The van der Waals surface area contributed by atoms with Crippen molar-refractivity contribution in [1.29, 1.82) is 0 Å². The fourth-order valence-corrected chi connectivity index (χ4v) is 2.90. The van der Waals surface area contributed by atoms with E-state index < -0.39 is 0 Å². The van der Waals surface area contributed by atoms with Crippen LogP contribution in [-0.2, 0) is 0 Å². The van der Waals surface area contributed by atoms with Crippen LogP contribution >= 0.6 is 27.5 Å². The quantitative estimate of drug-likeness (QED) is 0.619. The smallest absolute Gasteiger partial charge is 0.194 e. The molecule has 0 amide bonds. The molecular formula is C16H9BrClNO. The minimum Gasteiger partial charge on any atom is -0.289 e. The summed E-state index contributed by atoms with van der Waals surface area (Å²) < 4.78 is 0.691. The van der Waals surface area contributed by atoms with Crippen LogP contribution in [0, 0.1) is 0 Å². The zero-order valence-electron chi connectivity index (χ0n) is 10.3. The van der Waals surface area contributed by atoms with Gasteiger partial charge in [0.05, 0.1) is 5.52 Å². The molecule has 3 aromatic rings. The fraction of sp³-hybridized carbons (Fsp3) is 0. The average Bonchev–Trinajstić information content (AvgIpc) is 2.46. The molecule has 0 bridgehead atoms. The molecule has 0 saturated carbocycles. The number of hydrogen-bond acceptors (Lipinski definition) is 2. The lowest BCUT2D eigenvalue weighted by molar-refractivity contribution is 0.103. The molecule has 0 saturated heterocycles. The first-order chi connectivity index (χ1) is 9.65. The number of fused-ring (bicyclic) bond motifs is 1. The third-order valence-electron chi connectivity index (χ3n) is 3.04. The number of halogens is 2. The molecule has 1 heterocycles. The lowest BCUT2D eigenvalue weighted by Crippen LogP contribution is -2.02. The van der Waals surface area contributed by atoms with E-state index in [9.17, 15) is 4.79 Å². The largest absolute Gasteiger partial charge is 0.289 e.